The molecule has 5 nitrogen and oxygen atoms in total. The third kappa shape index (κ3) is 3.37. The summed E-state index contributed by atoms with van der Waals surface area (Å²) in [6.45, 7) is 1.92. The van der Waals surface area contributed by atoms with Gasteiger partial charge < -0.3 is 4.74 Å². The molecule has 0 bridgehead atoms. The van der Waals surface area contributed by atoms with Crippen LogP contribution in [0.1, 0.15) is 31.7 Å². The minimum Gasteiger partial charge on any atom is -0.469 e. The van der Waals surface area contributed by atoms with Crippen molar-refractivity contribution in [2.24, 2.45) is 0 Å². The van der Waals surface area contributed by atoms with Crippen LogP contribution in [0.2, 0.25) is 0 Å². The Balaban J connectivity index is 2.10. The lowest BCUT2D eigenvalue weighted by Gasteiger charge is -2.38. The first-order valence-corrected chi connectivity index (χ1v) is 8.03. The molecule has 0 heterocycles. The minimum atomic E-state index is -3.50. The summed E-state index contributed by atoms with van der Waals surface area (Å²) in [5, 5.41) is 0. The van der Waals surface area contributed by atoms with Crippen molar-refractivity contribution >= 4 is 16.0 Å². The van der Waals surface area contributed by atoms with E-state index in [1.807, 2.05) is 6.92 Å². The monoisotopic (exact) mass is 297 g/mol. The van der Waals surface area contributed by atoms with Gasteiger partial charge in [-0.1, -0.05) is 12.1 Å². The first kappa shape index (κ1) is 15.0. The normalized spacial score (nSPS) is 17.3. The number of carbonyl (C=O) groups is 1. The summed E-state index contributed by atoms with van der Waals surface area (Å²) in [5.74, 6) is -0.347. The summed E-state index contributed by atoms with van der Waals surface area (Å²) in [4.78, 5) is 11.4. The van der Waals surface area contributed by atoms with Gasteiger partial charge in [-0.3, -0.25) is 4.79 Å². The fourth-order valence-corrected chi connectivity index (χ4v) is 3.68. The highest BCUT2D eigenvalue weighted by atomic mass is 32.2. The topological polar surface area (TPSA) is 72.5 Å². The summed E-state index contributed by atoms with van der Waals surface area (Å²) >= 11 is 0. The van der Waals surface area contributed by atoms with Gasteiger partial charge in [0.1, 0.15) is 0 Å². The number of hydrogen-bond donors (Lipinski definition) is 1. The number of carbonyl (C=O) groups excluding carboxylic acids is 1. The van der Waals surface area contributed by atoms with Gasteiger partial charge in [0.25, 0.3) is 0 Å². The molecule has 0 atom stereocenters. The number of methoxy groups -OCH3 is 1. The SMILES string of the molecule is COC(=O)Cc1ccc(S(=O)(=O)NC2(C)CCC2)cc1. The van der Waals surface area contributed by atoms with E-state index in [0.29, 0.717) is 0 Å². The summed E-state index contributed by atoms with van der Waals surface area (Å²) in [5.41, 5.74) is 0.412. The molecule has 0 aliphatic heterocycles. The molecule has 0 aromatic heterocycles. The third-order valence-corrected chi connectivity index (χ3v) is 5.30. The van der Waals surface area contributed by atoms with Crippen molar-refractivity contribution in [3.8, 4) is 0 Å². The van der Waals surface area contributed by atoms with Crippen LogP contribution in [0.4, 0.5) is 0 Å². The quantitative estimate of drug-likeness (QED) is 0.838. The number of sulfonamides is 1. The highest BCUT2D eigenvalue weighted by molar-refractivity contribution is 7.89. The average Bonchev–Trinajstić information content (AvgIpc) is 2.37. The van der Waals surface area contributed by atoms with Gasteiger partial charge >= 0.3 is 5.97 Å². The van der Waals surface area contributed by atoms with Gasteiger partial charge in [0.05, 0.1) is 18.4 Å². The molecule has 1 fully saturated rings. The van der Waals surface area contributed by atoms with Gasteiger partial charge in [-0.05, 0) is 43.9 Å². The molecule has 1 N–H and O–H groups in total. The molecule has 6 heteroatoms. The molecule has 0 amide bonds. The molecule has 1 aromatic carbocycles. The summed E-state index contributed by atoms with van der Waals surface area (Å²) in [7, 11) is -2.17. The average molecular weight is 297 g/mol. The maximum Gasteiger partial charge on any atom is 0.309 e. The Morgan fingerprint density at radius 1 is 1.30 bits per heavy atom. The predicted octanol–water partition coefficient (Wildman–Crippen LogP) is 1.62. The molecule has 0 unspecified atom stereocenters. The van der Waals surface area contributed by atoms with Gasteiger partial charge in [-0.25, -0.2) is 13.1 Å². The van der Waals surface area contributed by atoms with Crippen molar-refractivity contribution < 1.29 is 17.9 Å². The standard InChI is InChI=1S/C14H19NO4S/c1-14(8-3-9-14)15-20(17,18)12-6-4-11(5-7-12)10-13(16)19-2/h4-7,15H,3,8-10H2,1-2H3. The lowest BCUT2D eigenvalue weighted by molar-refractivity contribution is -0.139. The van der Waals surface area contributed by atoms with E-state index in [2.05, 4.69) is 9.46 Å². The fraction of sp³-hybridized carbons (Fsp3) is 0.500. The molecule has 0 radical (unpaired) electrons. The lowest BCUT2D eigenvalue weighted by Crippen LogP contribution is -2.50. The Kier molecular flexibility index (Phi) is 4.15. The van der Waals surface area contributed by atoms with Crippen molar-refractivity contribution in [2.45, 2.75) is 43.0 Å². The van der Waals surface area contributed by atoms with Crippen molar-refractivity contribution in [1.82, 2.24) is 4.72 Å². The van der Waals surface area contributed by atoms with Gasteiger partial charge in [-0.2, -0.15) is 0 Å². The maximum atomic E-state index is 12.2. The lowest BCUT2D eigenvalue weighted by atomic mass is 9.80. The van der Waals surface area contributed by atoms with Crippen molar-refractivity contribution in [1.29, 1.82) is 0 Å². The van der Waals surface area contributed by atoms with E-state index in [1.54, 1.807) is 12.1 Å². The van der Waals surface area contributed by atoms with Gasteiger partial charge in [0, 0.05) is 5.54 Å². The highest BCUT2D eigenvalue weighted by Gasteiger charge is 2.36. The molecule has 1 aromatic rings. The Labute approximate surface area is 119 Å². The van der Waals surface area contributed by atoms with E-state index in [1.165, 1.54) is 19.2 Å². The third-order valence-electron chi connectivity index (χ3n) is 3.65. The first-order valence-electron chi connectivity index (χ1n) is 6.54. The Morgan fingerprint density at radius 3 is 2.35 bits per heavy atom. The Morgan fingerprint density at radius 2 is 1.90 bits per heavy atom. The van der Waals surface area contributed by atoms with Crippen LogP contribution >= 0.6 is 0 Å². The molecule has 2 rings (SSSR count). The van der Waals surface area contributed by atoms with Crippen LogP contribution in [0.3, 0.4) is 0 Å². The highest BCUT2D eigenvalue weighted by Crippen LogP contribution is 2.32. The van der Waals surface area contributed by atoms with Crippen LogP contribution in [0.15, 0.2) is 29.2 Å². The van der Waals surface area contributed by atoms with Crippen LogP contribution in [0.25, 0.3) is 0 Å². The van der Waals surface area contributed by atoms with Gasteiger partial charge in [0.2, 0.25) is 10.0 Å². The molecule has 0 spiro atoms. The molecular formula is C14H19NO4S. The van der Waals surface area contributed by atoms with E-state index < -0.39 is 10.0 Å². The Hall–Kier alpha value is -1.40. The smallest absolute Gasteiger partial charge is 0.309 e. The zero-order valence-corrected chi connectivity index (χ0v) is 12.5. The van der Waals surface area contributed by atoms with Crippen LogP contribution in [-0.4, -0.2) is 27.0 Å². The molecular weight excluding hydrogens is 278 g/mol. The second-order valence-corrected chi connectivity index (χ2v) is 7.10. The fourth-order valence-electron chi connectivity index (χ4n) is 2.22. The molecule has 1 aliphatic rings. The van der Waals surface area contributed by atoms with E-state index >= 15 is 0 Å². The van der Waals surface area contributed by atoms with Crippen LogP contribution in [0.5, 0.6) is 0 Å². The number of nitrogens with one attached hydrogen (secondary N) is 1. The predicted molar refractivity (Wildman–Crippen MR) is 74.7 cm³/mol. The Bertz CT molecular complexity index is 588. The zero-order chi connectivity index (χ0) is 14.8. The number of rotatable bonds is 5. The van der Waals surface area contributed by atoms with Crippen molar-refractivity contribution in [3.63, 3.8) is 0 Å². The van der Waals surface area contributed by atoms with Gasteiger partial charge in [-0.15, -0.1) is 0 Å². The summed E-state index contributed by atoms with van der Waals surface area (Å²) in [6, 6.07) is 6.30. The number of hydrogen-bond acceptors (Lipinski definition) is 4. The van der Waals surface area contributed by atoms with Crippen molar-refractivity contribution in [3.05, 3.63) is 29.8 Å². The second kappa shape index (κ2) is 5.54. The summed E-state index contributed by atoms with van der Waals surface area (Å²) in [6.07, 6.45) is 2.93. The van der Waals surface area contributed by atoms with Gasteiger partial charge in [0.15, 0.2) is 0 Å². The number of benzene rings is 1. The first-order chi connectivity index (χ1) is 9.35. The van der Waals surface area contributed by atoms with E-state index in [4.69, 9.17) is 0 Å². The summed E-state index contributed by atoms with van der Waals surface area (Å²) < 4.78 is 31.8. The van der Waals surface area contributed by atoms with E-state index in [-0.39, 0.29) is 22.8 Å². The molecule has 1 saturated carbocycles. The minimum absolute atomic E-state index is 0.141. The number of ether oxygens (including phenoxy) is 1. The molecule has 0 saturated heterocycles. The molecule has 20 heavy (non-hydrogen) atoms. The second-order valence-electron chi connectivity index (χ2n) is 5.42. The largest absolute Gasteiger partial charge is 0.469 e. The van der Waals surface area contributed by atoms with E-state index in [0.717, 1.165) is 24.8 Å². The zero-order valence-electron chi connectivity index (χ0n) is 11.7. The number of esters is 1. The molecule has 1 aliphatic carbocycles. The van der Waals surface area contributed by atoms with Crippen LogP contribution in [-0.2, 0) is 26.0 Å². The molecule has 110 valence electrons. The van der Waals surface area contributed by atoms with Crippen LogP contribution in [0, 0.1) is 0 Å². The van der Waals surface area contributed by atoms with E-state index in [9.17, 15) is 13.2 Å². The van der Waals surface area contributed by atoms with Crippen LogP contribution < -0.4 is 4.72 Å². The maximum absolute atomic E-state index is 12.2. The van der Waals surface area contributed by atoms with Crippen molar-refractivity contribution in [2.75, 3.05) is 7.11 Å².